The summed E-state index contributed by atoms with van der Waals surface area (Å²) in [7, 11) is -1.80. The van der Waals surface area contributed by atoms with Gasteiger partial charge >= 0.3 is 0 Å². The maximum absolute atomic E-state index is 11.6. The van der Waals surface area contributed by atoms with Crippen LogP contribution in [-0.4, -0.2) is 36.6 Å². The molecule has 0 radical (unpaired) electrons. The van der Waals surface area contributed by atoms with Crippen LogP contribution in [0, 0.1) is 0 Å². The number of sulfonamides is 1. The predicted octanol–water partition coefficient (Wildman–Crippen LogP) is 0.333. The Morgan fingerprint density at radius 1 is 1.62 bits per heavy atom. The highest BCUT2D eigenvalue weighted by molar-refractivity contribution is 7.92. The van der Waals surface area contributed by atoms with Crippen molar-refractivity contribution < 1.29 is 8.42 Å². The van der Waals surface area contributed by atoms with Crippen LogP contribution >= 0.6 is 12.2 Å². The zero-order chi connectivity index (χ0) is 10.6. The number of hydrogen-bond acceptors (Lipinski definition) is 3. The second-order valence-electron chi connectivity index (χ2n) is 2.91. The molecule has 0 aliphatic carbocycles. The molecule has 2 N–H and O–H groups in total. The Hall–Kier alpha value is -0.200. The van der Waals surface area contributed by atoms with Gasteiger partial charge in [-0.1, -0.05) is 19.1 Å². The summed E-state index contributed by atoms with van der Waals surface area (Å²) in [6, 6.07) is 0. The van der Waals surface area contributed by atoms with E-state index in [9.17, 15) is 8.42 Å². The van der Waals surface area contributed by atoms with E-state index in [4.69, 9.17) is 5.73 Å². The van der Waals surface area contributed by atoms with E-state index in [0.29, 0.717) is 6.54 Å². The normalized spacial score (nSPS) is 14.5. The van der Waals surface area contributed by atoms with Gasteiger partial charge in [-0.15, -0.1) is 0 Å². The third-order valence-corrected chi connectivity index (χ3v) is 4.52. The molecule has 0 heterocycles. The summed E-state index contributed by atoms with van der Waals surface area (Å²) in [6.07, 6.45) is 0.778. The summed E-state index contributed by atoms with van der Waals surface area (Å²) >= 11 is 4.64. The molecule has 0 amide bonds. The third kappa shape index (κ3) is 3.21. The molecule has 1 unspecified atom stereocenters. The molecule has 13 heavy (non-hydrogen) atoms. The van der Waals surface area contributed by atoms with Crippen molar-refractivity contribution in [1.29, 1.82) is 0 Å². The molecule has 6 heteroatoms. The lowest BCUT2D eigenvalue weighted by atomic mass is 10.5. The van der Waals surface area contributed by atoms with Gasteiger partial charge in [0.2, 0.25) is 10.0 Å². The lowest BCUT2D eigenvalue weighted by molar-refractivity contribution is 0.466. The first-order valence-electron chi connectivity index (χ1n) is 4.08. The Morgan fingerprint density at radius 2 is 2.08 bits per heavy atom. The molecule has 0 aliphatic heterocycles. The van der Waals surface area contributed by atoms with E-state index in [1.165, 1.54) is 18.3 Å². The molecule has 4 nitrogen and oxygen atoms in total. The Balaban J connectivity index is 4.66. The molecule has 0 saturated carbocycles. The minimum Gasteiger partial charge on any atom is -0.392 e. The molecule has 78 valence electrons. The summed E-state index contributed by atoms with van der Waals surface area (Å²) in [5, 5.41) is -0.779. The standard InChI is InChI=1S/C7H16N2O2S2/c1-4-5-9(3)13(10,11)6(2)7(8)12/h6H,4-5H2,1-3H3,(H2,8,12). The maximum Gasteiger partial charge on any atom is 0.222 e. The molecule has 0 aromatic carbocycles. The van der Waals surface area contributed by atoms with Crippen LogP contribution in [0.3, 0.4) is 0 Å². The molecule has 0 aliphatic rings. The van der Waals surface area contributed by atoms with Gasteiger partial charge in [-0.2, -0.15) is 0 Å². The molecular formula is C7H16N2O2S2. The van der Waals surface area contributed by atoms with Crippen LogP contribution < -0.4 is 5.73 Å². The highest BCUT2D eigenvalue weighted by Gasteiger charge is 2.27. The number of rotatable bonds is 5. The summed E-state index contributed by atoms with van der Waals surface area (Å²) in [6.45, 7) is 3.91. The Labute approximate surface area is 85.1 Å². The van der Waals surface area contributed by atoms with Crippen molar-refractivity contribution in [3.63, 3.8) is 0 Å². The van der Waals surface area contributed by atoms with E-state index in [0.717, 1.165) is 6.42 Å². The highest BCUT2D eigenvalue weighted by atomic mass is 32.2. The molecule has 0 aromatic heterocycles. The SMILES string of the molecule is CCCN(C)S(=O)(=O)C(C)C(N)=S. The Kier molecular flexibility index (Phi) is 4.80. The van der Waals surface area contributed by atoms with E-state index >= 15 is 0 Å². The average molecular weight is 224 g/mol. The average Bonchev–Trinajstić information content (AvgIpc) is 2.03. The summed E-state index contributed by atoms with van der Waals surface area (Å²) in [5.74, 6) is 0. The first-order valence-corrected chi connectivity index (χ1v) is 5.99. The van der Waals surface area contributed by atoms with Gasteiger partial charge in [-0.25, -0.2) is 12.7 Å². The van der Waals surface area contributed by atoms with E-state index in [-0.39, 0.29) is 4.99 Å². The predicted molar refractivity (Wildman–Crippen MR) is 58.1 cm³/mol. The summed E-state index contributed by atoms with van der Waals surface area (Å²) in [5.41, 5.74) is 5.28. The molecule has 0 saturated heterocycles. The van der Waals surface area contributed by atoms with Gasteiger partial charge in [0.1, 0.15) is 5.25 Å². The second-order valence-corrected chi connectivity index (χ2v) is 5.74. The number of nitrogens with zero attached hydrogens (tertiary/aromatic N) is 1. The van der Waals surface area contributed by atoms with Gasteiger partial charge in [0.15, 0.2) is 0 Å². The Bertz CT molecular complexity index is 274. The van der Waals surface area contributed by atoms with Gasteiger partial charge < -0.3 is 5.73 Å². The first kappa shape index (κ1) is 12.8. The summed E-state index contributed by atoms with van der Waals surface area (Å²) in [4.78, 5) is 0.0166. The fourth-order valence-electron chi connectivity index (χ4n) is 0.859. The van der Waals surface area contributed by atoms with Crippen molar-refractivity contribution >= 4 is 27.2 Å². The van der Waals surface area contributed by atoms with E-state index in [2.05, 4.69) is 12.2 Å². The molecule has 0 rings (SSSR count). The molecule has 0 aromatic rings. The maximum atomic E-state index is 11.6. The molecule has 1 atom stereocenters. The van der Waals surface area contributed by atoms with Gasteiger partial charge in [-0.05, 0) is 13.3 Å². The van der Waals surface area contributed by atoms with Crippen molar-refractivity contribution in [2.24, 2.45) is 5.73 Å². The van der Waals surface area contributed by atoms with Crippen LogP contribution in [0.5, 0.6) is 0 Å². The van der Waals surface area contributed by atoms with Crippen LogP contribution in [0.4, 0.5) is 0 Å². The van der Waals surface area contributed by atoms with Gasteiger partial charge in [-0.3, -0.25) is 0 Å². The zero-order valence-corrected chi connectivity index (χ0v) is 9.78. The number of nitrogens with two attached hydrogens (primary N) is 1. The monoisotopic (exact) mass is 224 g/mol. The lowest BCUT2D eigenvalue weighted by Gasteiger charge is -2.20. The quantitative estimate of drug-likeness (QED) is 0.684. The molecular weight excluding hydrogens is 208 g/mol. The van der Waals surface area contributed by atoms with Crippen LogP contribution in [0.1, 0.15) is 20.3 Å². The number of hydrogen-bond donors (Lipinski definition) is 1. The van der Waals surface area contributed by atoms with Gasteiger partial charge in [0, 0.05) is 13.6 Å². The zero-order valence-electron chi connectivity index (χ0n) is 8.15. The van der Waals surface area contributed by atoms with E-state index < -0.39 is 15.3 Å². The lowest BCUT2D eigenvalue weighted by Crippen LogP contribution is -2.41. The van der Waals surface area contributed by atoms with Crippen LogP contribution in [-0.2, 0) is 10.0 Å². The number of thiocarbonyl (C=S) groups is 1. The fraction of sp³-hybridized carbons (Fsp3) is 0.857. The van der Waals surface area contributed by atoms with E-state index in [1.54, 1.807) is 0 Å². The van der Waals surface area contributed by atoms with Gasteiger partial charge in [0.25, 0.3) is 0 Å². The minimum atomic E-state index is -3.33. The first-order chi connectivity index (χ1) is 5.84. The Morgan fingerprint density at radius 3 is 2.38 bits per heavy atom. The van der Waals surface area contributed by atoms with Crippen LogP contribution in [0.15, 0.2) is 0 Å². The second kappa shape index (κ2) is 4.88. The van der Waals surface area contributed by atoms with Gasteiger partial charge in [0.05, 0.1) is 4.99 Å². The molecule has 0 bridgehead atoms. The minimum absolute atomic E-state index is 0.0166. The van der Waals surface area contributed by atoms with Crippen LogP contribution in [0.25, 0.3) is 0 Å². The van der Waals surface area contributed by atoms with Crippen molar-refractivity contribution in [3.8, 4) is 0 Å². The topological polar surface area (TPSA) is 63.4 Å². The van der Waals surface area contributed by atoms with Crippen molar-refractivity contribution in [2.75, 3.05) is 13.6 Å². The molecule has 0 fully saturated rings. The van der Waals surface area contributed by atoms with Crippen molar-refractivity contribution in [3.05, 3.63) is 0 Å². The van der Waals surface area contributed by atoms with E-state index in [1.807, 2.05) is 6.92 Å². The molecule has 0 spiro atoms. The smallest absolute Gasteiger partial charge is 0.222 e. The van der Waals surface area contributed by atoms with Crippen molar-refractivity contribution in [1.82, 2.24) is 4.31 Å². The van der Waals surface area contributed by atoms with Crippen molar-refractivity contribution in [2.45, 2.75) is 25.5 Å². The largest absolute Gasteiger partial charge is 0.392 e. The summed E-state index contributed by atoms with van der Waals surface area (Å²) < 4.78 is 24.5. The third-order valence-electron chi connectivity index (χ3n) is 1.82. The van der Waals surface area contributed by atoms with Crippen LogP contribution in [0.2, 0.25) is 0 Å². The highest BCUT2D eigenvalue weighted by Crippen LogP contribution is 2.07. The fourth-order valence-corrected chi connectivity index (χ4v) is 2.49.